The minimum Gasteiger partial charge on any atom is -0.493 e. The number of hydrogen-bond acceptors (Lipinski definition) is 4. The minimum absolute atomic E-state index is 0.547. The molecule has 104 valence electrons. The summed E-state index contributed by atoms with van der Waals surface area (Å²) in [6.45, 7) is 6.24. The maximum atomic E-state index is 10.2. The van der Waals surface area contributed by atoms with Gasteiger partial charge in [0.1, 0.15) is 5.69 Å². The highest BCUT2D eigenvalue weighted by Gasteiger charge is 2.19. The lowest BCUT2D eigenvalue weighted by Gasteiger charge is -2.14. The van der Waals surface area contributed by atoms with E-state index < -0.39 is 6.10 Å². The Morgan fingerprint density at radius 3 is 2.83 bits per heavy atom. The first-order valence-corrected chi connectivity index (χ1v) is 6.60. The lowest BCUT2D eigenvalue weighted by molar-refractivity contribution is 0.109. The van der Waals surface area contributed by atoms with Crippen LogP contribution in [0.15, 0.2) is 6.20 Å². The minimum atomic E-state index is -0.547. The summed E-state index contributed by atoms with van der Waals surface area (Å²) in [4.78, 5) is 0. The van der Waals surface area contributed by atoms with E-state index in [0.29, 0.717) is 25.4 Å². The fourth-order valence-corrected chi connectivity index (χ4v) is 1.92. The summed E-state index contributed by atoms with van der Waals surface area (Å²) in [5, 5.41) is 14.5. The van der Waals surface area contributed by atoms with Crippen LogP contribution in [0.4, 0.5) is 0 Å². The third-order valence-corrected chi connectivity index (χ3v) is 2.79. The Labute approximate surface area is 109 Å². The van der Waals surface area contributed by atoms with Crippen molar-refractivity contribution in [3.63, 3.8) is 0 Å². The van der Waals surface area contributed by atoms with E-state index in [-0.39, 0.29) is 0 Å². The molecule has 0 aliphatic rings. The van der Waals surface area contributed by atoms with Crippen molar-refractivity contribution >= 4 is 0 Å². The molecule has 1 heterocycles. The molecular weight excluding hydrogens is 232 g/mol. The fourth-order valence-electron chi connectivity index (χ4n) is 1.92. The van der Waals surface area contributed by atoms with E-state index in [9.17, 15) is 5.11 Å². The SMILES string of the molecule is CCCn1ncc(OC)c1C(O)CCCOCC. The van der Waals surface area contributed by atoms with Gasteiger partial charge in [-0.2, -0.15) is 5.10 Å². The molecule has 0 bridgehead atoms. The highest BCUT2D eigenvalue weighted by molar-refractivity contribution is 5.27. The topological polar surface area (TPSA) is 56.5 Å². The van der Waals surface area contributed by atoms with Crippen LogP contribution in [0.25, 0.3) is 0 Å². The third kappa shape index (κ3) is 3.99. The van der Waals surface area contributed by atoms with Crippen molar-refractivity contribution < 1.29 is 14.6 Å². The zero-order chi connectivity index (χ0) is 13.4. The summed E-state index contributed by atoms with van der Waals surface area (Å²) < 4.78 is 12.3. The molecule has 1 atom stereocenters. The van der Waals surface area contributed by atoms with Crippen LogP contribution in [0.5, 0.6) is 5.75 Å². The Balaban J connectivity index is 2.63. The van der Waals surface area contributed by atoms with Crippen molar-refractivity contribution in [3.8, 4) is 5.75 Å². The monoisotopic (exact) mass is 256 g/mol. The van der Waals surface area contributed by atoms with Crippen molar-refractivity contribution in [1.29, 1.82) is 0 Å². The van der Waals surface area contributed by atoms with E-state index in [1.807, 2.05) is 11.6 Å². The molecule has 1 N–H and O–H groups in total. The van der Waals surface area contributed by atoms with Gasteiger partial charge >= 0.3 is 0 Å². The zero-order valence-corrected chi connectivity index (χ0v) is 11.6. The van der Waals surface area contributed by atoms with Crippen molar-refractivity contribution in [1.82, 2.24) is 9.78 Å². The lowest BCUT2D eigenvalue weighted by Crippen LogP contribution is -2.11. The first kappa shape index (κ1) is 15.0. The smallest absolute Gasteiger partial charge is 0.162 e. The quantitative estimate of drug-likeness (QED) is 0.688. The van der Waals surface area contributed by atoms with Crippen LogP contribution in [0.1, 0.15) is 44.9 Å². The zero-order valence-electron chi connectivity index (χ0n) is 11.6. The maximum absolute atomic E-state index is 10.2. The average Bonchev–Trinajstić information content (AvgIpc) is 2.78. The van der Waals surface area contributed by atoms with Gasteiger partial charge in [0, 0.05) is 19.8 Å². The van der Waals surface area contributed by atoms with Gasteiger partial charge in [0.05, 0.1) is 19.4 Å². The third-order valence-electron chi connectivity index (χ3n) is 2.79. The summed E-state index contributed by atoms with van der Waals surface area (Å²) in [6.07, 6.45) is 3.58. The Morgan fingerprint density at radius 2 is 2.22 bits per heavy atom. The number of aliphatic hydroxyl groups excluding tert-OH is 1. The number of aliphatic hydroxyl groups is 1. The van der Waals surface area contributed by atoms with Gasteiger partial charge in [0.15, 0.2) is 5.75 Å². The lowest BCUT2D eigenvalue weighted by atomic mass is 10.1. The Kier molecular flexibility index (Phi) is 6.75. The molecule has 0 radical (unpaired) electrons. The van der Waals surface area contributed by atoms with Gasteiger partial charge in [-0.25, -0.2) is 0 Å². The molecule has 5 heteroatoms. The summed E-state index contributed by atoms with van der Waals surface area (Å²) in [5.41, 5.74) is 0.774. The molecule has 1 unspecified atom stereocenters. The number of aromatic nitrogens is 2. The van der Waals surface area contributed by atoms with E-state index in [1.165, 1.54) is 0 Å². The van der Waals surface area contributed by atoms with Gasteiger partial charge in [-0.15, -0.1) is 0 Å². The first-order chi connectivity index (χ1) is 8.74. The van der Waals surface area contributed by atoms with Crippen LogP contribution in [-0.4, -0.2) is 35.2 Å². The second-order valence-corrected chi connectivity index (χ2v) is 4.18. The van der Waals surface area contributed by atoms with Crippen molar-refractivity contribution in [2.75, 3.05) is 20.3 Å². The van der Waals surface area contributed by atoms with Crippen LogP contribution < -0.4 is 4.74 Å². The van der Waals surface area contributed by atoms with Crippen LogP contribution in [-0.2, 0) is 11.3 Å². The second kappa shape index (κ2) is 8.11. The molecule has 18 heavy (non-hydrogen) atoms. The predicted molar refractivity (Wildman–Crippen MR) is 69.8 cm³/mol. The Hall–Kier alpha value is -1.07. The number of nitrogens with zero attached hydrogens (tertiary/aromatic N) is 2. The summed E-state index contributed by atoms with van der Waals surface area (Å²) in [6, 6.07) is 0. The second-order valence-electron chi connectivity index (χ2n) is 4.18. The molecular formula is C13H24N2O3. The van der Waals surface area contributed by atoms with Gasteiger partial charge in [-0.05, 0) is 26.2 Å². The van der Waals surface area contributed by atoms with Crippen LogP contribution in [0.2, 0.25) is 0 Å². The number of hydrogen-bond donors (Lipinski definition) is 1. The largest absolute Gasteiger partial charge is 0.493 e. The molecule has 0 amide bonds. The predicted octanol–water partition coefficient (Wildman–Crippen LogP) is 2.15. The van der Waals surface area contributed by atoms with E-state index in [0.717, 1.165) is 25.1 Å². The maximum Gasteiger partial charge on any atom is 0.162 e. The normalized spacial score (nSPS) is 12.7. The van der Waals surface area contributed by atoms with Crippen molar-refractivity contribution in [2.24, 2.45) is 0 Å². The van der Waals surface area contributed by atoms with Crippen LogP contribution >= 0.6 is 0 Å². The molecule has 0 saturated heterocycles. The number of aryl methyl sites for hydroxylation is 1. The van der Waals surface area contributed by atoms with E-state index in [1.54, 1.807) is 13.3 Å². The highest BCUT2D eigenvalue weighted by atomic mass is 16.5. The number of methoxy groups -OCH3 is 1. The fraction of sp³-hybridized carbons (Fsp3) is 0.769. The van der Waals surface area contributed by atoms with Gasteiger partial charge < -0.3 is 14.6 Å². The molecule has 0 aliphatic heterocycles. The van der Waals surface area contributed by atoms with E-state index in [2.05, 4.69) is 12.0 Å². The van der Waals surface area contributed by atoms with Crippen molar-refractivity contribution in [3.05, 3.63) is 11.9 Å². The molecule has 1 aromatic rings. The number of rotatable bonds is 9. The molecule has 0 saturated carbocycles. The Bertz CT molecular complexity index is 339. The summed E-state index contributed by atoms with van der Waals surface area (Å²) in [5.74, 6) is 0.660. The number of ether oxygens (including phenoxy) is 2. The molecule has 1 rings (SSSR count). The highest BCUT2D eigenvalue weighted by Crippen LogP contribution is 2.28. The summed E-state index contributed by atoms with van der Waals surface area (Å²) in [7, 11) is 1.60. The first-order valence-electron chi connectivity index (χ1n) is 6.60. The van der Waals surface area contributed by atoms with Gasteiger partial charge in [-0.3, -0.25) is 4.68 Å². The molecule has 5 nitrogen and oxygen atoms in total. The summed E-state index contributed by atoms with van der Waals surface area (Å²) >= 11 is 0. The average molecular weight is 256 g/mol. The molecule has 0 aliphatic carbocycles. The molecule has 0 fully saturated rings. The van der Waals surface area contributed by atoms with Crippen LogP contribution in [0.3, 0.4) is 0 Å². The standard InChI is InChI=1S/C13H24N2O3/c1-4-8-15-13(12(17-3)10-14-15)11(16)7-6-9-18-5-2/h10-11,16H,4-9H2,1-3H3. The van der Waals surface area contributed by atoms with Crippen LogP contribution in [0, 0.1) is 0 Å². The molecule has 0 aromatic carbocycles. The molecule has 0 spiro atoms. The molecule has 1 aromatic heterocycles. The van der Waals surface area contributed by atoms with Gasteiger partial charge in [0.2, 0.25) is 0 Å². The van der Waals surface area contributed by atoms with Gasteiger partial charge in [-0.1, -0.05) is 6.92 Å². The Morgan fingerprint density at radius 1 is 1.44 bits per heavy atom. The van der Waals surface area contributed by atoms with E-state index in [4.69, 9.17) is 9.47 Å². The van der Waals surface area contributed by atoms with Crippen molar-refractivity contribution in [2.45, 2.75) is 45.8 Å². The van der Waals surface area contributed by atoms with E-state index >= 15 is 0 Å². The van der Waals surface area contributed by atoms with Gasteiger partial charge in [0.25, 0.3) is 0 Å².